The van der Waals surface area contributed by atoms with Crippen LogP contribution in [0.2, 0.25) is 5.02 Å². The van der Waals surface area contributed by atoms with Crippen LogP contribution in [0.15, 0.2) is 24.3 Å². The molecule has 0 unspecified atom stereocenters. The second kappa shape index (κ2) is 4.79. The van der Waals surface area contributed by atoms with Gasteiger partial charge in [-0.25, -0.2) is 8.42 Å². The number of sulfone groups is 1. The van der Waals surface area contributed by atoms with Crippen molar-refractivity contribution in [2.45, 2.75) is 18.6 Å². The van der Waals surface area contributed by atoms with E-state index in [9.17, 15) is 8.42 Å². The minimum absolute atomic E-state index is 0.227. The van der Waals surface area contributed by atoms with Gasteiger partial charge in [-0.05, 0) is 19.9 Å². The van der Waals surface area contributed by atoms with Crippen molar-refractivity contribution in [3.05, 3.63) is 35.0 Å². The molecule has 5 nitrogen and oxygen atoms in total. The van der Waals surface area contributed by atoms with Gasteiger partial charge in [0.15, 0.2) is 15.7 Å². The molecule has 0 bridgehead atoms. The highest BCUT2D eigenvalue weighted by Crippen LogP contribution is 2.40. The van der Waals surface area contributed by atoms with E-state index in [1.165, 1.54) is 6.26 Å². The maximum absolute atomic E-state index is 12.0. The van der Waals surface area contributed by atoms with Gasteiger partial charge in [-0.3, -0.25) is 5.10 Å². The Morgan fingerprint density at radius 1 is 1.30 bits per heavy atom. The van der Waals surface area contributed by atoms with Crippen LogP contribution in [0.5, 0.6) is 0 Å². The third-order valence-corrected chi connectivity index (χ3v) is 5.85. The molecule has 0 saturated heterocycles. The van der Waals surface area contributed by atoms with Crippen molar-refractivity contribution in [3.8, 4) is 11.1 Å². The Labute approximate surface area is 123 Å². The third-order valence-electron chi connectivity index (χ3n) is 3.47. The zero-order valence-corrected chi connectivity index (χ0v) is 13.0. The minimum Gasteiger partial charge on any atom is -0.382 e. The molecular formula is C13H16ClN3O2S. The van der Waals surface area contributed by atoms with Crippen LogP contribution < -0.4 is 5.73 Å². The van der Waals surface area contributed by atoms with Crippen molar-refractivity contribution >= 4 is 27.3 Å². The zero-order chi connectivity index (χ0) is 15.1. The summed E-state index contributed by atoms with van der Waals surface area (Å²) in [6, 6.07) is 7.11. The molecule has 1 aromatic heterocycles. The number of aromatic nitrogens is 2. The molecule has 7 heteroatoms. The minimum atomic E-state index is -3.36. The lowest BCUT2D eigenvalue weighted by Crippen LogP contribution is -2.29. The number of nitrogens with two attached hydrogens (primary N) is 1. The van der Waals surface area contributed by atoms with E-state index in [2.05, 4.69) is 10.2 Å². The summed E-state index contributed by atoms with van der Waals surface area (Å²) in [6.07, 6.45) is 1.18. The smallest absolute Gasteiger partial charge is 0.158 e. The summed E-state index contributed by atoms with van der Waals surface area (Å²) in [5.41, 5.74) is 7.51. The van der Waals surface area contributed by atoms with Gasteiger partial charge in [-0.15, -0.1) is 0 Å². The fourth-order valence-corrected chi connectivity index (χ4v) is 2.66. The number of nitrogens with one attached hydrogen (secondary N) is 1. The number of benzene rings is 1. The van der Waals surface area contributed by atoms with Gasteiger partial charge in [0, 0.05) is 22.4 Å². The van der Waals surface area contributed by atoms with Crippen LogP contribution >= 0.6 is 11.6 Å². The average Bonchev–Trinajstić information content (AvgIpc) is 2.71. The molecule has 2 rings (SSSR count). The SMILES string of the molecule is CC(C)(c1[nH]nc(N)c1-c1ccccc1Cl)S(C)(=O)=O. The quantitative estimate of drug-likeness (QED) is 0.911. The molecule has 0 saturated carbocycles. The summed E-state index contributed by atoms with van der Waals surface area (Å²) in [5.74, 6) is 0.227. The number of anilines is 1. The van der Waals surface area contributed by atoms with Crippen molar-refractivity contribution in [1.82, 2.24) is 10.2 Å². The zero-order valence-electron chi connectivity index (χ0n) is 11.4. The number of halogens is 1. The second-order valence-corrected chi connectivity index (χ2v) is 8.09. The van der Waals surface area contributed by atoms with Crippen LogP contribution in [-0.2, 0) is 14.6 Å². The van der Waals surface area contributed by atoms with E-state index in [1.807, 2.05) is 6.07 Å². The summed E-state index contributed by atoms with van der Waals surface area (Å²) in [7, 11) is -3.36. The van der Waals surface area contributed by atoms with Gasteiger partial charge in [0.1, 0.15) is 4.75 Å². The number of hydrogen-bond acceptors (Lipinski definition) is 4. The molecule has 20 heavy (non-hydrogen) atoms. The van der Waals surface area contributed by atoms with E-state index in [0.29, 0.717) is 21.8 Å². The van der Waals surface area contributed by atoms with E-state index in [-0.39, 0.29) is 5.82 Å². The van der Waals surface area contributed by atoms with E-state index >= 15 is 0 Å². The molecule has 0 atom stereocenters. The lowest BCUT2D eigenvalue weighted by molar-refractivity contribution is 0.556. The molecule has 0 aliphatic heterocycles. The molecule has 0 radical (unpaired) electrons. The molecule has 1 heterocycles. The van der Waals surface area contributed by atoms with E-state index in [0.717, 1.165) is 0 Å². The normalized spacial score (nSPS) is 12.6. The molecule has 1 aromatic carbocycles. The largest absolute Gasteiger partial charge is 0.382 e. The maximum atomic E-state index is 12.0. The molecule has 0 spiro atoms. The van der Waals surface area contributed by atoms with Gasteiger partial charge >= 0.3 is 0 Å². The number of nitrogen functional groups attached to an aromatic ring is 1. The van der Waals surface area contributed by atoms with E-state index < -0.39 is 14.6 Å². The average molecular weight is 314 g/mol. The Balaban J connectivity index is 2.75. The first-order valence-electron chi connectivity index (χ1n) is 5.95. The van der Waals surface area contributed by atoms with Crippen LogP contribution in [-0.4, -0.2) is 24.9 Å². The molecule has 0 amide bonds. The third kappa shape index (κ3) is 2.29. The fraction of sp³-hybridized carbons (Fsp3) is 0.308. The van der Waals surface area contributed by atoms with Gasteiger partial charge in [0.25, 0.3) is 0 Å². The Hall–Kier alpha value is -1.53. The number of rotatable bonds is 3. The highest BCUT2D eigenvalue weighted by Gasteiger charge is 2.37. The van der Waals surface area contributed by atoms with Gasteiger partial charge < -0.3 is 5.73 Å². The molecule has 0 aliphatic carbocycles. The summed E-state index contributed by atoms with van der Waals surface area (Å²) in [5, 5.41) is 7.17. The first-order valence-corrected chi connectivity index (χ1v) is 8.22. The van der Waals surface area contributed by atoms with Crippen molar-refractivity contribution < 1.29 is 8.42 Å². The predicted molar refractivity (Wildman–Crippen MR) is 81.3 cm³/mol. The van der Waals surface area contributed by atoms with E-state index in [4.69, 9.17) is 17.3 Å². The number of H-pyrrole nitrogens is 1. The molecule has 2 aromatic rings. The van der Waals surface area contributed by atoms with Gasteiger partial charge in [0.05, 0.1) is 5.69 Å². The fourth-order valence-electron chi connectivity index (χ4n) is 1.91. The Morgan fingerprint density at radius 2 is 1.90 bits per heavy atom. The van der Waals surface area contributed by atoms with Crippen LogP contribution in [0.25, 0.3) is 11.1 Å². The highest BCUT2D eigenvalue weighted by molar-refractivity contribution is 7.91. The van der Waals surface area contributed by atoms with Crippen LogP contribution in [0, 0.1) is 0 Å². The molecule has 3 N–H and O–H groups in total. The molecular weight excluding hydrogens is 298 g/mol. The van der Waals surface area contributed by atoms with E-state index in [1.54, 1.807) is 32.0 Å². The Kier molecular flexibility index (Phi) is 3.56. The van der Waals surface area contributed by atoms with Crippen LogP contribution in [0.4, 0.5) is 5.82 Å². The molecule has 0 fully saturated rings. The summed E-state index contributed by atoms with van der Waals surface area (Å²) >= 11 is 6.18. The summed E-state index contributed by atoms with van der Waals surface area (Å²) < 4.78 is 22.9. The van der Waals surface area contributed by atoms with Crippen molar-refractivity contribution in [2.24, 2.45) is 0 Å². The first-order chi connectivity index (χ1) is 9.16. The van der Waals surface area contributed by atoms with Gasteiger partial charge in [-0.1, -0.05) is 29.8 Å². The molecule has 0 aliphatic rings. The van der Waals surface area contributed by atoms with Crippen molar-refractivity contribution in [1.29, 1.82) is 0 Å². The standard InChI is InChI=1S/C13H16ClN3O2S/c1-13(2,20(3,18)19)11-10(12(15)17-16-11)8-6-4-5-7-9(8)14/h4-7H,1-3H3,(H3,15,16,17). The molecule has 108 valence electrons. The number of hydrogen-bond donors (Lipinski definition) is 2. The maximum Gasteiger partial charge on any atom is 0.158 e. The van der Waals surface area contributed by atoms with Gasteiger partial charge in [-0.2, -0.15) is 5.10 Å². The predicted octanol–water partition coefficient (Wildman–Crippen LogP) is 2.59. The lowest BCUT2D eigenvalue weighted by Gasteiger charge is -2.22. The lowest BCUT2D eigenvalue weighted by atomic mass is 9.98. The summed E-state index contributed by atoms with van der Waals surface area (Å²) in [4.78, 5) is 0. The second-order valence-electron chi connectivity index (χ2n) is 5.12. The van der Waals surface area contributed by atoms with Crippen molar-refractivity contribution in [2.75, 3.05) is 12.0 Å². The monoisotopic (exact) mass is 313 g/mol. The Bertz CT molecular complexity index is 751. The van der Waals surface area contributed by atoms with Gasteiger partial charge in [0.2, 0.25) is 0 Å². The van der Waals surface area contributed by atoms with Crippen LogP contribution in [0.1, 0.15) is 19.5 Å². The summed E-state index contributed by atoms with van der Waals surface area (Å²) in [6.45, 7) is 3.21. The first kappa shape index (κ1) is 14.9. The number of aromatic amines is 1. The van der Waals surface area contributed by atoms with Crippen LogP contribution in [0.3, 0.4) is 0 Å². The Morgan fingerprint density at radius 3 is 2.45 bits per heavy atom. The number of nitrogens with zero attached hydrogens (tertiary/aromatic N) is 1. The highest BCUT2D eigenvalue weighted by atomic mass is 35.5. The van der Waals surface area contributed by atoms with Crippen molar-refractivity contribution in [3.63, 3.8) is 0 Å². The topological polar surface area (TPSA) is 88.8 Å².